The van der Waals surface area contributed by atoms with Crippen LogP contribution in [-0.2, 0) is 9.59 Å². The molecule has 0 aromatic rings. The Morgan fingerprint density at radius 1 is 1.17 bits per heavy atom. The molecule has 1 rings (SSSR count). The van der Waals surface area contributed by atoms with Crippen molar-refractivity contribution >= 4 is 40.9 Å². The fraction of sp³-hybridized carbons (Fsp3) is 0.750. The molecule has 0 unspecified atom stereocenters. The number of thiocarbonyl (C=S) groups is 1. The van der Waals surface area contributed by atoms with Crippen molar-refractivity contribution in [1.82, 2.24) is 10.6 Å². The van der Waals surface area contributed by atoms with Crippen LogP contribution in [0.5, 0.6) is 0 Å². The lowest BCUT2D eigenvalue weighted by Gasteiger charge is -2.34. The van der Waals surface area contributed by atoms with E-state index in [0.29, 0.717) is 12.8 Å². The molecule has 4 nitrogen and oxygen atoms in total. The van der Waals surface area contributed by atoms with E-state index in [1.807, 2.05) is 6.92 Å². The molecule has 0 aliphatic carbocycles. The lowest BCUT2D eigenvalue weighted by molar-refractivity contribution is -0.144. The van der Waals surface area contributed by atoms with Crippen molar-refractivity contribution in [1.29, 1.82) is 0 Å². The average molecular weight is 288 g/mol. The largest absolute Gasteiger partial charge is 0.302 e. The molecule has 2 N–H and O–H groups in total. The molecule has 1 aliphatic rings. The molecule has 1 aliphatic heterocycles. The summed E-state index contributed by atoms with van der Waals surface area (Å²) >= 11 is 6.61. The summed E-state index contributed by atoms with van der Waals surface area (Å²) in [6, 6.07) is 0. The van der Waals surface area contributed by atoms with Gasteiger partial charge in [0.15, 0.2) is 5.11 Å². The van der Waals surface area contributed by atoms with Crippen LogP contribution >= 0.6 is 24.0 Å². The van der Waals surface area contributed by atoms with E-state index in [1.165, 1.54) is 12.8 Å². The Morgan fingerprint density at radius 3 is 2.28 bits per heavy atom. The Kier molecular flexibility index (Phi) is 6.08. The van der Waals surface area contributed by atoms with Crippen molar-refractivity contribution in [3.63, 3.8) is 0 Å². The number of nitrogens with one attached hydrogen (secondary N) is 2. The first-order valence-electron chi connectivity index (χ1n) is 6.31. The van der Waals surface area contributed by atoms with Gasteiger partial charge in [-0.1, -0.05) is 20.3 Å². The Bertz CT molecular complexity index is 325. The first-order chi connectivity index (χ1) is 8.56. The minimum atomic E-state index is -0.943. The molecule has 1 fully saturated rings. The second-order valence-electron chi connectivity index (χ2n) is 4.39. The topological polar surface area (TPSA) is 58.2 Å². The van der Waals surface area contributed by atoms with E-state index in [-0.39, 0.29) is 16.9 Å². The van der Waals surface area contributed by atoms with E-state index in [0.717, 1.165) is 11.5 Å². The summed E-state index contributed by atoms with van der Waals surface area (Å²) in [6.45, 7) is 4.02. The van der Waals surface area contributed by atoms with Gasteiger partial charge in [-0.05, 0) is 43.0 Å². The summed E-state index contributed by atoms with van der Waals surface area (Å²) in [5.41, 5.74) is -0.943. The highest BCUT2D eigenvalue weighted by Crippen LogP contribution is 2.31. The van der Waals surface area contributed by atoms with Gasteiger partial charge in [-0.25, -0.2) is 0 Å². The fourth-order valence-corrected chi connectivity index (χ4v) is 3.27. The first kappa shape index (κ1) is 15.4. The van der Waals surface area contributed by atoms with E-state index in [4.69, 9.17) is 12.2 Å². The van der Waals surface area contributed by atoms with Crippen LogP contribution in [0.15, 0.2) is 0 Å². The molecule has 0 aromatic heterocycles. The van der Waals surface area contributed by atoms with Gasteiger partial charge in [0.05, 0.1) is 0 Å². The summed E-state index contributed by atoms with van der Waals surface area (Å²) in [5, 5.41) is 5.23. The fourth-order valence-electron chi connectivity index (χ4n) is 1.90. The summed E-state index contributed by atoms with van der Waals surface area (Å²) in [5.74, 6) is 1.39. The summed E-state index contributed by atoms with van der Waals surface area (Å²) in [7, 11) is 0. The molecule has 0 saturated carbocycles. The van der Waals surface area contributed by atoms with Gasteiger partial charge in [-0.2, -0.15) is 11.8 Å². The minimum Gasteiger partial charge on any atom is -0.302 e. The zero-order chi connectivity index (χ0) is 13.6. The third-order valence-corrected chi connectivity index (χ3v) is 4.52. The molecule has 2 amide bonds. The number of rotatable bonds is 7. The molecule has 102 valence electrons. The maximum Gasteiger partial charge on any atom is 0.241 e. The zero-order valence-corrected chi connectivity index (χ0v) is 12.5. The summed E-state index contributed by atoms with van der Waals surface area (Å²) in [6.07, 6.45) is 3.41. The average Bonchev–Trinajstić information content (AvgIpc) is 2.32. The molecular formula is C12H20N2O2S2. The summed E-state index contributed by atoms with van der Waals surface area (Å²) < 4.78 is 0. The second kappa shape index (κ2) is 7.09. The Balaban J connectivity index is 2.58. The van der Waals surface area contributed by atoms with Gasteiger partial charge in [0.1, 0.15) is 5.41 Å². The van der Waals surface area contributed by atoms with Crippen molar-refractivity contribution in [2.24, 2.45) is 5.41 Å². The number of thioether (sulfide) groups is 1. The Labute approximate surface area is 118 Å². The smallest absolute Gasteiger partial charge is 0.241 e. The quantitative estimate of drug-likeness (QED) is 0.426. The number of unbranched alkanes of at least 4 members (excludes halogenated alkanes) is 1. The highest BCUT2D eigenvalue weighted by molar-refractivity contribution is 7.99. The van der Waals surface area contributed by atoms with Gasteiger partial charge in [0, 0.05) is 0 Å². The Hall–Kier alpha value is -0.620. The van der Waals surface area contributed by atoms with Crippen LogP contribution < -0.4 is 10.6 Å². The molecule has 1 saturated heterocycles. The van der Waals surface area contributed by atoms with Gasteiger partial charge in [-0.15, -0.1) is 0 Å². The van der Waals surface area contributed by atoms with E-state index in [9.17, 15) is 9.59 Å². The maximum absolute atomic E-state index is 12.0. The molecule has 0 radical (unpaired) electrons. The van der Waals surface area contributed by atoms with Crippen molar-refractivity contribution in [3.8, 4) is 0 Å². The van der Waals surface area contributed by atoms with Crippen molar-refractivity contribution in [2.75, 3.05) is 11.5 Å². The van der Waals surface area contributed by atoms with Gasteiger partial charge in [0.25, 0.3) is 0 Å². The highest BCUT2D eigenvalue weighted by Gasteiger charge is 2.47. The van der Waals surface area contributed by atoms with Crippen LogP contribution in [0, 0.1) is 5.41 Å². The third-order valence-electron chi connectivity index (χ3n) is 3.24. The number of hydrogen-bond acceptors (Lipinski definition) is 4. The van der Waals surface area contributed by atoms with Crippen LogP contribution in [0.1, 0.15) is 39.5 Å². The molecule has 0 bridgehead atoms. The monoisotopic (exact) mass is 288 g/mol. The molecule has 6 heteroatoms. The standard InChI is InChI=1S/C12H20N2O2S2/c1-3-5-7-18-8-6-12(4-2)9(15)13-11(17)14-10(12)16/h3-8H2,1-2H3,(H2,13,14,15,16,17). The lowest BCUT2D eigenvalue weighted by atomic mass is 9.79. The molecule has 0 aromatic carbocycles. The highest BCUT2D eigenvalue weighted by atomic mass is 32.2. The second-order valence-corrected chi connectivity index (χ2v) is 6.02. The van der Waals surface area contributed by atoms with Crippen LogP contribution in [0.2, 0.25) is 0 Å². The van der Waals surface area contributed by atoms with Gasteiger partial charge in [-0.3, -0.25) is 9.59 Å². The van der Waals surface area contributed by atoms with Crippen LogP contribution in [0.4, 0.5) is 0 Å². The number of carbonyl (C=O) groups is 2. The Morgan fingerprint density at radius 2 is 1.78 bits per heavy atom. The molecule has 18 heavy (non-hydrogen) atoms. The lowest BCUT2D eigenvalue weighted by Crippen LogP contribution is -2.62. The van der Waals surface area contributed by atoms with E-state index in [1.54, 1.807) is 11.8 Å². The number of carbonyl (C=O) groups excluding carboxylic acids is 2. The number of amides is 2. The van der Waals surface area contributed by atoms with Gasteiger partial charge < -0.3 is 10.6 Å². The first-order valence-corrected chi connectivity index (χ1v) is 7.87. The molecule has 0 atom stereocenters. The van der Waals surface area contributed by atoms with Gasteiger partial charge in [0.2, 0.25) is 11.8 Å². The maximum atomic E-state index is 12.0. The third kappa shape index (κ3) is 3.45. The zero-order valence-electron chi connectivity index (χ0n) is 10.9. The van der Waals surface area contributed by atoms with Crippen molar-refractivity contribution in [2.45, 2.75) is 39.5 Å². The van der Waals surface area contributed by atoms with E-state index in [2.05, 4.69) is 17.6 Å². The van der Waals surface area contributed by atoms with E-state index < -0.39 is 5.41 Å². The van der Waals surface area contributed by atoms with Crippen LogP contribution in [0.3, 0.4) is 0 Å². The SMILES string of the molecule is CCCCSCCC1(CC)C(=O)NC(=S)NC1=O. The van der Waals surface area contributed by atoms with Crippen molar-refractivity contribution < 1.29 is 9.59 Å². The predicted octanol–water partition coefficient (Wildman–Crippen LogP) is 1.84. The number of hydrogen-bond donors (Lipinski definition) is 2. The van der Waals surface area contributed by atoms with Gasteiger partial charge >= 0.3 is 0 Å². The van der Waals surface area contributed by atoms with Crippen LogP contribution in [-0.4, -0.2) is 28.4 Å². The molecular weight excluding hydrogens is 268 g/mol. The minimum absolute atomic E-state index is 0.118. The van der Waals surface area contributed by atoms with E-state index >= 15 is 0 Å². The molecule has 0 spiro atoms. The van der Waals surface area contributed by atoms with Crippen molar-refractivity contribution in [3.05, 3.63) is 0 Å². The predicted molar refractivity (Wildman–Crippen MR) is 78.5 cm³/mol. The normalized spacial score (nSPS) is 18.4. The summed E-state index contributed by atoms with van der Waals surface area (Å²) in [4.78, 5) is 24.0. The molecule has 1 heterocycles. The van der Waals surface area contributed by atoms with Crippen LogP contribution in [0.25, 0.3) is 0 Å².